The smallest absolute Gasteiger partial charge is 0.173 e. The number of hydrogen-bond acceptors (Lipinski definition) is 6. The van der Waals surface area contributed by atoms with Crippen LogP contribution in [0.1, 0.15) is 53.9 Å². The number of Topliss-reactive ketones (excluding diaryl/α,β-unsaturated/α-hetero) is 1. The standard InChI is InChI=1S/C30H35N3O2S/c1-30(2)18-24-27(29(33-12-14-35-15-13-33)36-28(24)26(34)19-30)23-8-9-31-25(17-23)22-7-5-6-21(16-22)20-32-10-3-4-11-32/h5-9,16-17H,3-4,10-15,18-20H2,1-2H3. The number of hydrogen-bond donors (Lipinski definition) is 0. The van der Waals surface area contributed by atoms with E-state index in [1.165, 1.54) is 47.6 Å². The first-order chi connectivity index (χ1) is 17.5. The van der Waals surface area contributed by atoms with Gasteiger partial charge in [0.05, 0.1) is 28.8 Å². The molecule has 0 amide bonds. The van der Waals surface area contributed by atoms with Crippen molar-refractivity contribution in [1.29, 1.82) is 0 Å². The molecule has 2 aliphatic heterocycles. The zero-order valence-corrected chi connectivity index (χ0v) is 22.2. The molecule has 0 radical (unpaired) electrons. The van der Waals surface area contributed by atoms with Gasteiger partial charge >= 0.3 is 0 Å². The van der Waals surface area contributed by atoms with Crippen LogP contribution < -0.4 is 4.90 Å². The molecule has 0 atom stereocenters. The van der Waals surface area contributed by atoms with Crippen LogP contribution in [0.15, 0.2) is 42.6 Å². The van der Waals surface area contributed by atoms with Gasteiger partial charge in [-0.15, -0.1) is 11.3 Å². The number of likely N-dealkylation sites (tertiary alicyclic amines) is 1. The van der Waals surface area contributed by atoms with Crippen LogP contribution in [-0.2, 0) is 17.7 Å². The van der Waals surface area contributed by atoms with Crippen LogP contribution in [0.3, 0.4) is 0 Å². The second-order valence-corrected chi connectivity index (χ2v) is 12.2. The van der Waals surface area contributed by atoms with Gasteiger partial charge in [-0.3, -0.25) is 14.7 Å². The lowest BCUT2D eigenvalue weighted by atomic mass is 9.75. The highest BCUT2D eigenvalue weighted by atomic mass is 32.1. The fourth-order valence-corrected chi connectivity index (χ4v) is 7.29. The van der Waals surface area contributed by atoms with Crippen LogP contribution in [0.5, 0.6) is 0 Å². The van der Waals surface area contributed by atoms with Crippen molar-refractivity contribution in [3.05, 3.63) is 58.6 Å². The Morgan fingerprint density at radius 1 is 1.00 bits per heavy atom. The van der Waals surface area contributed by atoms with Gasteiger partial charge < -0.3 is 9.64 Å². The van der Waals surface area contributed by atoms with E-state index < -0.39 is 0 Å². The van der Waals surface area contributed by atoms with E-state index in [0.29, 0.717) is 6.42 Å². The maximum Gasteiger partial charge on any atom is 0.173 e. The number of carbonyl (C=O) groups excluding carboxylic acids is 1. The van der Waals surface area contributed by atoms with Gasteiger partial charge in [-0.25, -0.2) is 0 Å². The summed E-state index contributed by atoms with van der Waals surface area (Å²) in [5, 5.41) is 1.22. The Morgan fingerprint density at radius 2 is 1.81 bits per heavy atom. The molecule has 6 heteroatoms. The summed E-state index contributed by atoms with van der Waals surface area (Å²) in [7, 11) is 0. The maximum atomic E-state index is 13.2. The molecule has 0 unspecified atom stereocenters. The number of ketones is 1. The highest BCUT2D eigenvalue weighted by molar-refractivity contribution is 7.19. The predicted octanol–water partition coefficient (Wildman–Crippen LogP) is 6.06. The Kier molecular flexibility index (Phi) is 6.44. The Labute approximate surface area is 218 Å². The van der Waals surface area contributed by atoms with Crippen molar-refractivity contribution in [2.24, 2.45) is 5.41 Å². The summed E-state index contributed by atoms with van der Waals surface area (Å²) >= 11 is 1.69. The van der Waals surface area contributed by atoms with Gasteiger partial charge in [0.15, 0.2) is 5.78 Å². The first-order valence-electron chi connectivity index (χ1n) is 13.3. The molecule has 0 spiro atoms. The molecular weight excluding hydrogens is 466 g/mol. The molecule has 3 aliphatic rings. The zero-order valence-electron chi connectivity index (χ0n) is 21.4. The third-order valence-corrected chi connectivity index (χ3v) is 9.04. The van der Waals surface area contributed by atoms with E-state index >= 15 is 0 Å². The van der Waals surface area contributed by atoms with Gasteiger partial charge in [0.25, 0.3) is 0 Å². The van der Waals surface area contributed by atoms with Gasteiger partial charge in [-0.1, -0.05) is 32.0 Å². The molecule has 2 fully saturated rings. The van der Waals surface area contributed by atoms with E-state index in [2.05, 4.69) is 60.0 Å². The number of pyridine rings is 1. The number of rotatable bonds is 5. The Hall–Kier alpha value is -2.54. The van der Waals surface area contributed by atoms with Crippen LogP contribution in [0.4, 0.5) is 5.00 Å². The summed E-state index contributed by atoms with van der Waals surface area (Å²) in [6, 6.07) is 13.2. The van der Waals surface area contributed by atoms with Gasteiger partial charge in [0.2, 0.25) is 0 Å². The van der Waals surface area contributed by atoms with E-state index in [4.69, 9.17) is 9.72 Å². The van der Waals surface area contributed by atoms with Crippen molar-refractivity contribution < 1.29 is 9.53 Å². The third kappa shape index (κ3) is 4.74. The minimum absolute atomic E-state index is 0.0258. The number of anilines is 1. The number of benzene rings is 1. The molecule has 4 heterocycles. The van der Waals surface area contributed by atoms with E-state index in [9.17, 15) is 4.79 Å². The van der Waals surface area contributed by atoms with Crippen LogP contribution in [0.25, 0.3) is 22.4 Å². The highest BCUT2D eigenvalue weighted by Crippen LogP contribution is 2.49. The summed E-state index contributed by atoms with van der Waals surface area (Å²) in [5.41, 5.74) is 7.08. The molecule has 36 heavy (non-hydrogen) atoms. The maximum absolute atomic E-state index is 13.2. The lowest BCUT2D eigenvalue weighted by Crippen LogP contribution is -2.36. The first-order valence-corrected chi connectivity index (χ1v) is 14.1. The van der Waals surface area contributed by atoms with Crippen molar-refractivity contribution in [2.75, 3.05) is 44.3 Å². The topological polar surface area (TPSA) is 45.7 Å². The Balaban J connectivity index is 1.41. The fraction of sp³-hybridized carbons (Fsp3) is 0.467. The molecule has 188 valence electrons. The second-order valence-electron chi connectivity index (χ2n) is 11.2. The Morgan fingerprint density at radius 3 is 2.61 bits per heavy atom. The van der Waals surface area contributed by atoms with Crippen molar-refractivity contribution in [3.63, 3.8) is 0 Å². The third-order valence-electron chi connectivity index (χ3n) is 7.71. The molecule has 2 aromatic heterocycles. The number of thiophene rings is 1. The predicted molar refractivity (Wildman–Crippen MR) is 147 cm³/mol. The number of morpholine rings is 1. The summed E-state index contributed by atoms with van der Waals surface area (Å²) in [6.45, 7) is 11.0. The van der Waals surface area contributed by atoms with Crippen molar-refractivity contribution >= 4 is 22.1 Å². The van der Waals surface area contributed by atoms with Crippen LogP contribution >= 0.6 is 11.3 Å². The van der Waals surface area contributed by atoms with Crippen molar-refractivity contribution in [1.82, 2.24) is 9.88 Å². The number of carbonyl (C=O) groups is 1. The van der Waals surface area contributed by atoms with E-state index in [1.54, 1.807) is 11.3 Å². The first kappa shape index (κ1) is 23.8. The molecular formula is C30H35N3O2S. The number of aromatic nitrogens is 1. The SMILES string of the molecule is CC1(C)CC(=O)c2sc(N3CCOCC3)c(-c3ccnc(-c4cccc(CN5CCCC5)c4)c3)c2C1. The monoisotopic (exact) mass is 501 g/mol. The van der Waals surface area contributed by atoms with Gasteiger partial charge in [-0.2, -0.15) is 0 Å². The van der Waals surface area contributed by atoms with Gasteiger partial charge in [-0.05, 0) is 72.7 Å². The van der Waals surface area contributed by atoms with E-state index in [0.717, 1.165) is 61.0 Å². The average molecular weight is 502 g/mol. The van der Waals surface area contributed by atoms with Gasteiger partial charge in [0.1, 0.15) is 0 Å². The molecule has 0 bridgehead atoms. The molecule has 1 aliphatic carbocycles. The summed E-state index contributed by atoms with van der Waals surface area (Å²) < 4.78 is 5.64. The number of nitrogens with zero attached hydrogens (tertiary/aromatic N) is 3. The quantitative estimate of drug-likeness (QED) is 0.425. The molecule has 3 aromatic rings. The Bertz CT molecular complexity index is 1270. The molecule has 5 nitrogen and oxygen atoms in total. The summed E-state index contributed by atoms with van der Waals surface area (Å²) in [4.78, 5) is 23.9. The molecule has 0 N–H and O–H groups in total. The second kappa shape index (κ2) is 9.73. The van der Waals surface area contributed by atoms with E-state index in [1.807, 2.05) is 6.20 Å². The minimum Gasteiger partial charge on any atom is -0.378 e. The van der Waals surface area contributed by atoms with Crippen molar-refractivity contribution in [3.8, 4) is 22.4 Å². The van der Waals surface area contributed by atoms with Crippen LogP contribution in [0.2, 0.25) is 0 Å². The molecule has 6 rings (SSSR count). The normalized spacial score (nSPS) is 20.1. The van der Waals surface area contributed by atoms with Gasteiger partial charge in [0, 0.05) is 43.4 Å². The lowest BCUT2D eigenvalue weighted by molar-refractivity contribution is 0.0918. The fourth-order valence-electron chi connectivity index (χ4n) is 5.96. The average Bonchev–Trinajstić information content (AvgIpc) is 3.52. The van der Waals surface area contributed by atoms with Crippen LogP contribution in [-0.4, -0.2) is 55.1 Å². The molecule has 1 aromatic carbocycles. The van der Waals surface area contributed by atoms with Crippen LogP contribution in [0, 0.1) is 5.41 Å². The van der Waals surface area contributed by atoms with Crippen molar-refractivity contribution in [2.45, 2.75) is 46.1 Å². The number of ether oxygens (including phenoxy) is 1. The zero-order chi connectivity index (χ0) is 24.7. The minimum atomic E-state index is -0.0258. The molecule has 0 saturated carbocycles. The largest absolute Gasteiger partial charge is 0.378 e. The number of fused-ring (bicyclic) bond motifs is 1. The van der Waals surface area contributed by atoms with E-state index in [-0.39, 0.29) is 11.2 Å². The molecule has 2 saturated heterocycles. The highest BCUT2D eigenvalue weighted by Gasteiger charge is 2.37. The summed E-state index contributed by atoms with van der Waals surface area (Å²) in [6.07, 6.45) is 6.08. The summed E-state index contributed by atoms with van der Waals surface area (Å²) in [5.74, 6) is 0.288. The lowest BCUT2D eigenvalue weighted by Gasteiger charge is -2.30.